The maximum absolute atomic E-state index is 12.5. The van der Waals surface area contributed by atoms with Crippen molar-refractivity contribution in [2.45, 2.75) is 11.4 Å². The Labute approximate surface area is 167 Å². The molecule has 2 aliphatic heterocycles. The van der Waals surface area contributed by atoms with Crippen molar-refractivity contribution in [3.63, 3.8) is 0 Å². The molecule has 0 aromatic carbocycles. The maximum atomic E-state index is 12.5. The number of fused-ring (bicyclic) bond motifs is 1. The van der Waals surface area contributed by atoms with Gasteiger partial charge in [-0.15, -0.1) is 11.8 Å². The van der Waals surface area contributed by atoms with Gasteiger partial charge in [-0.05, 0) is 12.1 Å². The molecule has 29 heavy (non-hydrogen) atoms. The Kier molecular flexibility index (Phi) is 5.77. The van der Waals surface area contributed by atoms with Crippen LogP contribution in [0.15, 0.2) is 39.2 Å². The lowest BCUT2D eigenvalue weighted by Gasteiger charge is -2.50. The van der Waals surface area contributed by atoms with Crippen molar-refractivity contribution in [3.8, 4) is 0 Å². The predicted molar refractivity (Wildman–Crippen MR) is 94.8 cm³/mol. The van der Waals surface area contributed by atoms with Crippen LogP contribution in [0.25, 0.3) is 0 Å². The third-order valence-corrected chi connectivity index (χ3v) is 5.41. The minimum Gasteiger partial charge on any atom is -0.543 e. The van der Waals surface area contributed by atoms with Gasteiger partial charge in [0.1, 0.15) is 25.1 Å². The first-order valence-corrected chi connectivity index (χ1v) is 9.16. The Morgan fingerprint density at radius 2 is 2.24 bits per heavy atom. The van der Waals surface area contributed by atoms with Crippen LogP contribution < -0.4 is 16.2 Å². The summed E-state index contributed by atoms with van der Waals surface area (Å²) in [6.07, 6.45) is 0.262. The third kappa shape index (κ3) is 3.89. The standard InChI is InChI=1S/C16H16N4O8S/c1-26-19-9(8-3-2-4-27-8)12(21)18-10-13(22)20-11(15(23)24)7(5-28-16(17)25)6-29-14(10)20/h2-4,10,14H,5-6H2,1H3,(H2,17,25)(H,18,21)(H,23,24)/p-1/b19-9-. The number of nitrogens with zero attached hydrogens (tertiary/aromatic N) is 2. The number of oxime groups is 1. The number of aliphatic carboxylic acids is 1. The number of rotatable bonds is 7. The molecule has 1 fully saturated rings. The van der Waals surface area contributed by atoms with Gasteiger partial charge >= 0.3 is 6.09 Å². The van der Waals surface area contributed by atoms with E-state index in [0.29, 0.717) is 0 Å². The lowest BCUT2D eigenvalue weighted by Crippen LogP contribution is -2.71. The van der Waals surface area contributed by atoms with E-state index in [1.807, 2.05) is 0 Å². The smallest absolute Gasteiger partial charge is 0.404 e. The second kappa shape index (κ2) is 8.26. The molecule has 1 aromatic rings. The van der Waals surface area contributed by atoms with Crippen LogP contribution in [0.2, 0.25) is 0 Å². The zero-order valence-electron chi connectivity index (χ0n) is 14.9. The van der Waals surface area contributed by atoms with E-state index in [2.05, 4.69) is 20.0 Å². The van der Waals surface area contributed by atoms with E-state index in [1.54, 1.807) is 6.07 Å². The largest absolute Gasteiger partial charge is 0.543 e. The topological polar surface area (TPSA) is 177 Å². The Hall–Kier alpha value is -3.48. The summed E-state index contributed by atoms with van der Waals surface area (Å²) in [6, 6.07) is 2.04. The van der Waals surface area contributed by atoms with E-state index in [1.165, 1.54) is 31.2 Å². The van der Waals surface area contributed by atoms with Crippen molar-refractivity contribution in [3.05, 3.63) is 35.4 Å². The summed E-state index contributed by atoms with van der Waals surface area (Å²) < 4.78 is 9.75. The van der Waals surface area contributed by atoms with Crippen LogP contribution in [0, 0.1) is 0 Å². The van der Waals surface area contributed by atoms with Crippen molar-refractivity contribution < 1.29 is 38.3 Å². The molecule has 0 aliphatic carbocycles. The van der Waals surface area contributed by atoms with Crippen molar-refractivity contribution >= 4 is 41.4 Å². The van der Waals surface area contributed by atoms with Gasteiger partial charge in [-0.3, -0.25) is 14.5 Å². The minimum atomic E-state index is -1.60. The van der Waals surface area contributed by atoms with Crippen LogP contribution in [0.3, 0.4) is 0 Å². The average Bonchev–Trinajstić information content (AvgIpc) is 3.21. The zero-order chi connectivity index (χ0) is 21.1. The highest BCUT2D eigenvalue weighted by atomic mass is 32.2. The van der Waals surface area contributed by atoms with Gasteiger partial charge in [-0.1, -0.05) is 5.16 Å². The summed E-state index contributed by atoms with van der Waals surface area (Å²) >= 11 is 1.18. The molecule has 2 atom stereocenters. The zero-order valence-corrected chi connectivity index (χ0v) is 15.8. The number of hydrogen-bond donors (Lipinski definition) is 2. The van der Waals surface area contributed by atoms with Crippen LogP contribution in [0.1, 0.15) is 5.76 Å². The number of hydrogen-bond acceptors (Lipinski definition) is 10. The van der Waals surface area contributed by atoms with Crippen molar-refractivity contribution in [2.24, 2.45) is 10.9 Å². The van der Waals surface area contributed by atoms with Crippen LogP contribution in [-0.2, 0) is 24.0 Å². The van der Waals surface area contributed by atoms with Crippen molar-refractivity contribution in [1.29, 1.82) is 0 Å². The van der Waals surface area contributed by atoms with Crippen molar-refractivity contribution in [1.82, 2.24) is 10.2 Å². The number of carboxylic acids is 1. The van der Waals surface area contributed by atoms with Crippen LogP contribution in [0.4, 0.5) is 4.79 Å². The molecule has 1 aromatic heterocycles. The molecule has 3 heterocycles. The summed E-state index contributed by atoms with van der Waals surface area (Å²) in [5.74, 6) is -2.74. The van der Waals surface area contributed by atoms with Gasteiger partial charge in [0.05, 0.1) is 17.9 Å². The molecule has 0 saturated carbocycles. The highest BCUT2D eigenvalue weighted by Gasteiger charge is 2.53. The van der Waals surface area contributed by atoms with Crippen molar-refractivity contribution in [2.75, 3.05) is 19.5 Å². The Morgan fingerprint density at radius 3 is 2.83 bits per heavy atom. The molecule has 3 rings (SSSR count). The molecule has 13 heteroatoms. The number of β-lactam (4-membered cyclic amide) rings is 1. The monoisotopic (exact) mass is 423 g/mol. The molecule has 0 radical (unpaired) electrons. The fraction of sp³-hybridized carbons (Fsp3) is 0.312. The van der Waals surface area contributed by atoms with E-state index in [0.717, 1.165) is 4.90 Å². The molecular formula is C16H15N4O8S-. The number of ether oxygens (including phenoxy) is 1. The van der Waals surface area contributed by atoms with Gasteiger partial charge in [-0.25, -0.2) is 4.79 Å². The summed E-state index contributed by atoms with van der Waals surface area (Å²) in [4.78, 5) is 53.0. The summed E-state index contributed by atoms with van der Waals surface area (Å²) in [5.41, 5.74) is 4.48. The third-order valence-electron chi connectivity index (χ3n) is 4.07. The van der Waals surface area contributed by atoms with E-state index in [-0.39, 0.29) is 29.4 Å². The molecule has 3 amide bonds. The number of furan rings is 1. The summed E-state index contributed by atoms with van der Waals surface area (Å²) in [7, 11) is 1.25. The van der Waals surface area contributed by atoms with Gasteiger partial charge in [0.15, 0.2) is 5.76 Å². The molecule has 3 N–H and O–H groups in total. The Balaban J connectivity index is 1.77. The number of nitrogens with two attached hydrogens (primary N) is 1. The average molecular weight is 423 g/mol. The molecule has 0 bridgehead atoms. The first-order chi connectivity index (χ1) is 13.8. The fourth-order valence-electron chi connectivity index (χ4n) is 2.85. The number of nitrogens with one attached hydrogen (secondary N) is 1. The van der Waals surface area contributed by atoms with Crippen LogP contribution >= 0.6 is 11.8 Å². The van der Waals surface area contributed by atoms with Gasteiger partial charge in [0.2, 0.25) is 5.71 Å². The summed E-state index contributed by atoms with van der Waals surface area (Å²) in [6.45, 7) is -0.387. The molecule has 2 unspecified atom stereocenters. The van der Waals surface area contributed by atoms with E-state index in [9.17, 15) is 24.3 Å². The lowest BCUT2D eigenvalue weighted by molar-refractivity contribution is -0.301. The van der Waals surface area contributed by atoms with E-state index >= 15 is 0 Å². The van der Waals surface area contributed by atoms with Gasteiger partial charge in [-0.2, -0.15) is 0 Å². The molecule has 12 nitrogen and oxygen atoms in total. The summed E-state index contributed by atoms with van der Waals surface area (Å²) in [5, 5.41) is 17.0. The fourth-order valence-corrected chi connectivity index (χ4v) is 4.18. The Bertz CT molecular complexity index is 910. The number of amides is 3. The minimum absolute atomic E-state index is 0.130. The first-order valence-electron chi connectivity index (χ1n) is 8.11. The normalized spacial score (nSPS) is 21.2. The SMILES string of the molecule is CO/N=C(\C(=O)NC1C(=O)N2C(C(=O)[O-])=C(COC(N)=O)CSC12)c1ccco1. The quantitative estimate of drug-likeness (QED) is 0.289. The number of primary amides is 1. The van der Waals surface area contributed by atoms with Gasteiger partial charge in [0, 0.05) is 11.3 Å². The number of carbonyl (C=O) groups is 4. The first kappa shape index (κ1) is 20.3. The highest BCUT2D eigenvalue weighted by Crippen LogP contribution is 2.40. The second-order valence-electron chi connectivity index (χ2n) is 5.81. The van der Waals surface area contributed by atoms with E-state index < -0.39 is 41.0 Å². The second-order valence-corrected chi connectivity index (χ2v) is 6.91. The number of carbonyl (C=O) groups excluding carboxylic acids is 4. The van der Waals surface area contributed by atoms with Crippen LogP contribution in [0.5, 0.6) is 0 Å². The highest BCUT2D eigenvalue weighted by molar-refractivity contribution is 8.00. The Morgan fingerprint density at radius 1 is 1.48 bits per heavy atom. The number of carboxylic acid groups (broad SMARTS) is 1. The lowest BCUT2D eigenvalue weighted by atomic mass is 10.0. The molecule has 1 saturated heterocycles. The molecule has 2 aliphatic rings. The molecule has 0 spiro atoms. The maximum Gasteiger partial charge on any atom is 0.404 e. The van der Waals surface area contributed by atoms with Gasteiger partial charge in [0.25, 0.3) is 11.8 Å². The predicted octanol–water partition coefficient (Wildman–Crippen LogP) is -1.87. The molecule has 154 valence electrons. The van der Waals surface area contributed by atoms with Gasteiger partial charge < -0.3 is 34.9 Å². The number of thioether (sulfide) groups is 1. The molecular weight excluding hydrogens is 408 g/mol. The van der Waals surface area contributed by atoms with Crippen LogP contribution in [-0.4, -0.2) is 65.4 Å². The van der Waals surface area contributed by atoms with E-state index in [4.69, 9.17) is 10.2 Å².